The molecule has 0 radical (unpaired) electrons. The largest absolute Gasteiger partial charge is 0.455 e. The fourth-order valence-corrected chi connectivity index (χ4v) is 2.97. The molecular formula is C14H15ClIN3O3S2. The van der Waals surface area contributed by atoms with Crippen LogP contribution in [0.25, 0.3) is 0 Å². The Hall–Kier alpha value is -1.01. The van der Waals surface area contributed by atoms with Gasteiger partial charge in [0.1, 0.15) is 16.3 Å². The summed E-state index contributed by atoms with van der Waals surface area (Å²) in [5, 5.41) is 5.44. The third-order valence-corrected chi connectivity index (χ3v) is 4.65. The smallest absolute Gasteiger partial charge is 0.239 e. The van der Waals surface area contributed by atoms with Gasteiger partial charge in [-0.15, -0.1) is 24.0 Å². The minimum atomic E-state index is -3.88. The second-order valence-corrected chi connectivity index (χ2v) is 7.12. The first-order valence-corrected chi connectivity index (χ1v) is 9.43. The van der Waals surface area contributed by atoms with E-state index in [2.05, 4.69) is 4.99 Å². The third-order valence-electron chi connectivity index (χ3n) is 2.74. The van der Waals surface area contributed by atoms with Crippen LogP contribution >= 0.6 is 47.3 Å². The van der Waals surface area contributed by atoms with Gasteiger partial charge in [0.2, 0.25) is 10.0 Å². The molecule has 0 fully saturated rings. The van der Waals surface area contributed by atoms with E-state index >= 15 is 0 Å². The number of primary sulfonamides is 1. The highest BCUT2D eigenvalue weighted by Crippen LogP contribution is 2.34. The topological polar surface area (TPSA) is 108 Å². The van der Waals surface area contributed by atoms with Crippen molar-refractivity contribution in [2.75, 3.05) is 6.26 Å². The molecule has 0 atom stereocenters. The summed E-state index contributed by atoms with van der Waals surface area (Å²) in [5.41, 5.74) is 6.26. The molecule has 130 valence electrons. The van der Waals surface area contributed by atoms with Gasteiger partial charge in [0.15, 0.2) is 10.9 Å². The number of hydrogen-bond donors (Lipinski definition) is 2. The van der Waals surface area contributed by atoms with Gasteiger partial charge in [-0.2, -0.15) is 0 Å². The number of ether oxygens (including phenoxy) is 1. The lowest BCUT2D eigenvalue weighted by molar-refractivity contribution is 0.483. The van der Waals surface area contributed by atoms with Crippen molar-refractivity contribution >= 4 is 68.2 Å². The van der Waals surface area contributed by atoms with Crippen LogP contribution in [-0.4, -0.2) is 19.8 Å². The molecule has 0 unspecified atom stereocenters. The molecule has 0 saturated heterocycles. The van der Waals surface area contributed by atoms with Gasteiger partial charge in [0.05, 0.1) is 5.02 Å². The van der Waals surface area contributed by atoms with E-state index in [1.807, 2.05) is 6.26 Å². The lowest BCUT2D eigenvalue weighted by Gasteiger charge is -2.10. The van der Waals surface area contributed by atoms with E-state index in [-0.39, 0.29) is 33.9 Å². The summed E-state index contributed by atoms with van der Waals surface area (Å²) in [4.78, 5) is 4.07. The van der Waals surface area contributed by atoms with Crippen LogP contribution < -0.4 is 15.6 Å². The highest BCUT2D eigenvalue weighted by Gasteiger charge is 2.14. The first kappa shape index (κ1) is 21.0. The van der Waals surface area contributed by atoms with Gasteiger partial charge in [0, 0.05) is 6.07 Å². The number of nitrogens with zero attached hydrogens (tertiary/aromatic N) is 1. The van der Waals surface area contributed by atoms with E-state index in [1.54, 1.807) is 24.3 Å². The number of aliphatic imine (C=N–C) groups is 1. The van der Waals surface area contributed by atoms with Crippen LogP contribution in [0.2, 0.25) is 5.02 Å². The molecular weight excluding hydrogens is 485 g/mol. The van der Waals surface area contributed by atoms with E-state index in [0.29, 0.717) is 22.4 Å². The third kappa shape index (κ3) is 5.52. The van der Waals surface area contributed by atoms with Gasteiger partial charge in [-0.25, -0.2) is 18.5 Å². The van der Waals surface area contributed by atoms with Crippen LogP contribution in [0.3, 0.4) is 0 Å². The van der Waals surface area contributed by atoms with Crippen LogP contribution in [0.4, 0.5) is 5.69 Å². The highest BCUT2D eigenvalue weighted by molar-refractivity contribution is 14.0. The Bertz CT molecular complexity index is 860. The summed E-state index contributed by atoms with van der Waals surface area (Å²) < 4.78 is 28.4. The minimum absolute atomic E-state index is 0. The van der Waals surface area contributed by atoms with Gasteiger partial charge in [-0.05, 0) is 30.5 Å². The van der Waals surface area contributed by atoms with Crippen LogP contribution in [0.1, 0.15) is 0 Å². The predicted molar refractivity (Wildman–Crippen MR) is 110 cm³/mol. The van der Waals surface area contributed by atoms with Crippen molar-refractivity contribution in [1.29, 1.82) is 0 Å². The van der Waals surface area contributed by atoms with E-state index in [4.69, 9.17) is 27.2 Å². The predicted octanol–water partition coefficient (Wildman–Crippen LogP) is 3.71. The number of rotatable bonds is 4. The van der Waals surface area contributed by atoms with Crippen molar-refractivity contribution in [2.45, 2.75) is 4.90 Å². The van der Waals surface area contributed by atoms with Gasteiger partial charge in [0.25, 0.3) is 0 Å². The quantitative estimate of drug-likeness (QED) is 0.379. The second kappa shape index (κ2) is 8.90. The molecule has 0 aliphatic carbocycles. The molecule has 4 N–H and O–H groups in total. The number of para-hydroxylation sites is 2. The van der Waals surface area contributed by atoms with Crippen molar-refractivity contribution < 1.29 is 13.2 Å². The summed E-state index contributed by atoms with van der Waals surface area (Å²) >= 11 is 7.25. The molecule has 10 heteroatoms. The number of amidine groups is 1. The molecule has 6 nitrogen and oxygen atoms in total. The van der Waals surface area contributed by atoms with E-state index in [9.17, 15) is 8.42 Å². The number of benzene rings is 2. The standard InChI is InChI=1S/C14H14ClN3O3S2.HI/c1-22-14(16)18-11-4-2-3-5-12(11)21-9-6-7-13(10(15)8-9)23(17,19)20;/h2-8H,1H3,(H2,16,18)(H2,17,19,20);1H. The van der Waals surface area contributed by atoms with Crippen molar-refractivity contribution in [2.24, 2.45) is 15.9 Å². The van der Waals surface area contributed by atoms with E-state index in [0.717, 1.165) is 0 Å². The molecule has 2 aromatic carbocycles. The molecule has 0 saturated carbocycles. The van der Waals surface area contributed by atoms with E-state index in [1.165, 1.54) is 30.0 Å². The monoisotopic (exact) mass is 499 g/mol. The molecule has 0 aromatic heterocycles. The number of sulfonamides is 1. The van der Waals surface area contributed by atoms with Gasteiger partial charge in [-0.3, -0.25) is 0 Å². The first-order valence-electron chi connectivity index (χ1n) is 6.28. The Kier molecular flexibility index (Phi) is 7.80. The number of nitrogens with two attached hydrogens (primary N) is 2. The second-order valence-electron chi connectivity index (χ2n) is 4.36. The molecule has 24 heavy (non-hydrogen) atoms. The first-order chi connectivity index (χ1) is 10.8. The number of thioether (sulfide) groups is 1. The summed E-state index contributed by atoms with van der Waals surface area (Å²) in [7, 11) is -3.88. The van der Waals surface area contributed by atoms with Gasteiger partial charge in [-0.1, -0.05) is 35.5 Å². The Labute approximate surface area is 166 Å². The molecule has 0 aliphatic rings. The van der Waals surface area contributed by atoms with Crippen molar-refractivity contribution in [1.82, 2.24) is 0 Å². The van der Waals surface area contributed by atoms with Gasteiger partial charge < -0.3 is 10.5 Å². The zero-order valence-corrected chi connectivity index (χ0v) is 17.2. The fourth-order valence-electron chi connectivity index (χ4n) is 1.70. The van der Waals surface area contributed by atoms with Crippen molar-refractivity contribution in [3.05, 3.63) is 47.5 Å². The lowest BCUT2D eigenvalue weighted by Crippen LogP contribution is -2.12. The van der Waals surface area contributed by atoms with Crippen molar-refractivity contribution in [3.63, 3.8) is 0 Å². The number of hydrogen-bond acceptors (Lipinski definition) is 5. The maximum absolute atomic E-state index is 11.4. The molecule has 0 amide bonds. The maximum Gasteiger partial charge on any atom is 0.239 e. The Morgan fingerprint density at radius 3 is 2.50 bits per heavy atom. The fraction of sp³-hybridized carbons (Fsp3) is 0.0714. The van der Waals surface area contributed by atoms with Crippen LogP contribution in [0.15, 0.2) is 52.4 Å². The average molecular weight is 500 g/mol. The van der Waals surface area contributed by atoms with Crippen LogP contribution in [0, 0.1) is 0 Å². The van der Waals surface area contributed by atoms with Crippen LogP contribution in [-0.2, 0) is 10.0 Å². The van der Waals surface area contributed by atoms with E-state index < -0.39 is 10.0 Å². The zero-order valence-electron chi connectivity index (χ0n) is 12.5. The summed E-state index contributed by atoms with van der Waals surface area (Å²) in [6.07, 6.45) is 1.81. The summed E-state index contributed by atoms with van der Waals surface area (Å²) in [5.74, 6) is 0.816. The van der Waals surface area contributed by atoms with Gasteiger partial charge >= 0.3 is 0 Å². The Morgan fingerprint density at radius 2 is 1.92 bits per heavy atom. The molecule has 0 spiro atoms. The number of halogens is 2. The van der Waals surface area contributed by atoms with Crippen molar-refractivity contribution in [3.8, 4) is 11.5 Å². The molecule has 0 heterocycles. The molecule has 0 aliphatic heterocycles. The Balaban J connectivity index is 0.00000288. The average Bonchev–Trinajstić information content (AvgIpc) is 2.48. The molecule has 0 bridgehead atoms. The zero-order chi connectivity index (χ0) is 17.0. The molecule has 2 aromatic rings. The maximum atomic E-state index is 11.4. The minimum Gasteiger partial charge on any atom is -0.455 e. The summed E-state index contributed by atoms with van der Waals surface area (Å²) in [6, 6.07) is 11.2. The SMILES string of the molecule is CSC(N)=Nc1ccccc1Oc1ccc(S(N)(=O)=O)c(Cl)c1.I. The molecule has 2 rings (SSSR count). The normalized spacial score (nSPS) is 11.7. The van der Waals surface area contributed by atoms with Crippen LogP contribution in [0.5, 0.6) is 11.5 Å². The lowest BCUT2D eigenvalue weighted by atomic mass is 10.3. The summed E-state index contributed by atoms with van der Waals surface area (Å²) in [6.45, 7) is 0. The highest BCUT2D eigenvalue weighted by atomic mass is 127. The Morgan fingerprint density at radius 1 is 1.25 bits per heavy atom.